The first-order valence-electron chi connectivity index (χ1n) is 9.76. The fourth-order valence-corrected chi connectivity index (χ4v) is 2.94. The van der Waals surface area contributed by atoms with E-state index in [0.717, 1.165) is 19.3 Å². The third kappa shape index (κ3) is 6.49. The molecule has 1 fully saturated rings. The average molecular weight is 423 g/mol. The van der Waals surface area contributed by atoms with Gasteiger partial charge in [-0.25, -0.2) is 19.2 Å². The number of benzene rings is 2. The second-order valence-corrected chi connectivity index (χ2v) is 6.67. The highest BCUT2D eigenvalue weighted by molar-refractivity contribution is 6.05. The smallest absolute Gasteiger partial charge is 0.372 e. The molecule has 31 heavy (non-hydrogen) atoms. The van der Waals surface area contributed by atoms with Crippen molar-refractivity contribution in [3.05, 3.63) is 71.8 Å². The van der Waals surface area contributed by atoms with Crippen molar-refractivity contribution in [2.45, 2.75) is 19.3 Å². The summed E-state index contributed by atoms with van der Waals surface area (Å²) in [6.45, 7) is 1.07. The van der Waals surface area contributed by atoms with Crippen LogP contribution in [0.3, 0.4) is 0 Å². The van der Waals surface area contributed by atoms with Crippen molar-refractivity contribution in [2.24, 2.45) is 4.99 Å². The standard InChI is InChI=1S/C22H21N3O6/c26-18(16-10-4-1-5-11-16)30-21(28)23-20(25-14-8-3-9-15-25)24-22(29)31-19(27)17-12-6-2-7-13-17/h1-2,4-7,10-13H,3,8-9,14-15H2,(H,23,24,28,29). The zero-order valence-corrected chi connectivity index (χ0v) is 16.7. The number of hydrogen-bond donors (Lipinski definition) is 1. The summed E-state index contributed by atoms with van der Waals surface area (Å²) in [6.07, 6.45) is 0.370. The minimum Gasteiger partial charge on any atom is -0.372 e. The number of carbonyl (C=O) groups is 4. The molecule has 0 spiro atoms. The lowest BCUT2D eigenvalue weighted by Crippen LogP contribution is -2.47. The lowest BCUT2D eigenvalue weighted by molar-refractivity contribution is 0.0623. The lowest BCUT2D eigenvalue weighted by atomic mass is 10.1. The van der Waals surface area contributed by atoms with Crippen molar-refractivity contribution in [3.63, 3.8) is 0 Å². The van der Waals surface area contributed by atoms with Gasteiger partial charge in [-0.1, -0.05) is 36.4 Å². The van der Waals surface area contributed by atoms with Crippen LogP contribution < -0.4 is 5.32 Å². The van der Waals surface area contributed by atoms with Crippen molar-refractivity contribution in [1.29, 1.82) is 0 Å². The summed E-state index contributed by atoms with van der Waals surface area (Å²) >= 11 is 0. The first-order valence-corrected chi connectivity index (χ1v) is 9.76. The number of alkyl carbamates (subject to hydrolysis) is 1. The molecule has 0 saturated carbocycles. The molecule has 2 aromatic carbocycles. The normalized spacial score (nSPS) is 13.8. The van der Waals surface area contributed by atoms with Crippen LogP contribution in [0, 0.1) is 0 Å². The summed E-state index contributed by atoms with van der Waals surface area (Å²) in [5.41, 5.74) is 0.383. The van der Waals surface area contributed by atoms with E-state index in [1.165, 1.54) is 24.3 Å². The van der Waals surface area contributed by atoms with Gasteiger partial charge < -0.3 is 14.4 Å². The molecule has 0 unspecified atom stereocenters. The van der Waals surface area contributed by atoms with Gasteiger partial charge in [0.15, 0.2) is 0 Å². The maximum Gasteiger partial charge on any atom is 0.444 e. The Morgan fingerprint density at radius 2 is 1.26 bits per heavy atom. The van der Waals surface area contributed by atoms with Crippen LogP contribution in [-0.2, 0) is 9.47 Å². The number of piperidine rings is 1. The Morgan fingerprint density at radius 1 is 0.742 bits per heavy atom. The maximum absolute atomic E-state index is 12.2. The lowest BCUT2D eigenvalue weighted by Gasteiger charge is -2.29. The Labute approximate surface area is 178 Å². The van der Waals surface area contributed by atoms with E-state index in [0.29, 0.717) is 13.1 Å². The third-order valence-electron chi connectivity index (χ3n) is 4.45. The van der Waals surface area contributed by atoms with E-state index >= 15 is 0 Å². The van der Waals surface area contributed by atoms with Gasteiger partial charge >= 0.3 is 24.1 Å². The first kappa shape index (κ1) is 21.7. The fraction of sp³-hybridized carbons (Fsp3) is 0.227. The molecule has 1 heterocycles. The molecule has 1 N–H and O–H groups in total. The average Bonchev–Trinajstić information content (AvgIpc) is 2.80. The number of likely N-dealkylation sites (tertiary alicyclic amines) is 1. The second kappa shape index (κ2) is 10.7. The zero-order chi connectivity index (χ0) is 22.1. The van der Waals surface area contributed by atoms with Crippen LogP contribution in [0.2, 0.25) is 0 Å². The summed E-state index contributed by atoms with van der Waals surface area (Å²) in [7, 11) is 0. The number of rotatable bonds is 2. The Balaban J connectivity index is 1.68. The number of guanidine groups is 1. The van der Waals surface area contributed by atoms with Crippen molar-refractivity contribution in [2.75, 3.05) is 13.1 Å². The molecule has 2 aromatic rings. The van der Waals surface area contributed by atoms with Gasteiger partial charge in [0.25, 0.3) is 0 Å². The monoisotopic (exact) mass is 423 g/mol. The van der Waals surface area contributed by atoms with Gasteiger partial charge in [-0.05, 0) is 43.5 Å². The van der Waals surface area contributed by atoms with Crippen LogP contribution in [0.25, 0.3) is 0 Å². The number of nitrogens with zero attached hydrogens (tertiary/aromatic N) is 2. The number of ether oxygens (including phenoxy) is 2. The minimum atomic E-state index is -1.19. The number of esters is 2. The van der Waals surface area contributed by atoms with Crippen LogP contribution in [0.1, 0.15) is 40.0 Å². The summed E-state index contributed by atoms with van der Waals surface area (Å²) < 4.78 is 9.51. The highest BCUT2D eigenvalue weighted by Gasteiger charge is 2.22. The molecule has 3 rings (SSSR count). The molecule has 0 aromatic heterocycles. The minimum absolute atomic E-state index is 0.142. The third-order valence-corrected chi connectivity index (χ3v) is 4.45. The molecule has 1 aliphatic heterocycles. The summed E-state index contributed by atoms with van der Waals surface area (Å²) in [4.78, 5) is 53.9. The summed E-state index contributed by atoms with van der Waals surface area (Å²) in [5, 5.41) is 2.31. The van der Waals surface area contributed by atoms with E-state index in [1.807, 2.05) is 0 Å². The SMILES string of the molecule is O=C(N=C(NC(=O)OC(=O)c1ccccc1)N1CCCCC1)OC(=O)c1ccccc1. The second-order valence-electron chi connectivity index (χ2n) is 6.67. The highest BCUT2D eigenvalue weighted by Crippen LogP contribution is 2.10. The number of amides is 2. The van der Waals surface area contributed by atoms with Crippen LogP contribution in [-0.4, -0.2) is 48.1 Å². The molecule has 0 radical (unpaired) electrons. The zero-order valence-electron chi connectivity index (χ0n) is 16.7. The van der Waals surface area contributed by atoms with Gasteiger partial charge in [-0.2, -0.15) is 0 Å². The summed E-state index contributed by atoms with van der Waals surface area (Å²) in [5.74, 6) is -1.86. The van der Waals surface area contributed by atoms with Crippen LogP contribution in [0.4, 0.5) is 9.59 Å². The fourth-order valence-electron chi connectivity index (χ4n) is 2.94. The quantitative estimate of drug-likeness (QED) is 0.341. The topological polar surface area (TPSA) is 114 Å². The van der Waals surface area contributed by atoms with Crippen LogP contribution in [0.15, 0.2) is 65.7 Å². The Hall–Kier alpha value is -4.01. The molecular formula is C22H21N3O6. The number of carbonyl (C=O) groups excluding carboxylic acids is 4. The van der Waals surface area contributed by atoms with Gasteiger partial charge in [0, 0.05) is 13.1 Å². The summed E-state index contributed by atoms with van der Waals surface area (Å²) in [6, 6.07) is 16.0. The van der Waals surface area contributed by atoms with Gasteiger partial charge in [0.1, 0.15) is 0 Å². The molecule has 160 valence electrons. The molecule has 9 nitrogen and oxygen atoms in total. The van der Waals surface area contributed by atoms with Gasteiger partial charge in [-0.3, -0.25) is 5.32 Å². The molecule has 0 bridgehead atoms. The largest absolute Gasteiger partial charge is 0.444 e. The molecule has 0 atom stereocenters. The highest BCUT2D eigenvalue weighted by atomic mass is 16.6. The number of aliphatic imine (C=N–C) groups is 1. The predicted molar refractivity (Wildman–Crippen MR) is 111 cm³/mol. The van der Waals surface area contributed by atoms with E-state index in [2.05, 4.69) is 10.3 Å². The number of hydrogen-bond acceptors (Lipinski definition) is 6. The van der Waals surface area contributed by atoms with Gasteiger partial charge in [0.2, 0.25) is 5.96 Å². The van der Waals surface area contributed by atoms with E-state index in [4.69, 9.17) is 9.47 Å². The van der Waals surface area contributed by atoms with E-state index < -0.39 is 24.1 Å². The van der Waals surface area contributed by atoms with Gasteiger partial charge in [0.05, 0.1) is 11.1 Å². The molecule has 1 saturated heterocycles. The molecule has 9 heteroatoms. The molecular weight excluding hydrogens is 402 g/mol. The molecule has 2 amide bonds. The van der Waals surface area contributed by atoms with Crippen LogP contribution in [0.5, 0.6) is 0 Å². The molecule has 1 aliphatic rings. The van der Waals surface area contributed by atoms with Crippen molar-refractivity contribution in [1.82, 2.24) is 10.2 Å². The Kier molecular flexibility index (Phi) is 7.47. The van der Waals surface area contributed by atoms with Crippen molar-refractivity contribution >= 4 is 30.1 Å². The Morgan fingerprint density at radius 3 is 1.81 bits per heavy atom. The molecule has 0 aliphatic carbocycles. The maximum atomic E-state index is 12.2. The van der Waals surface area contributed by atoms with E-state index in [1.54, 1.807) is 41.3 Å². The van der Waals surface area contributed by atoms with Crippen molar-refractivity contribution < 1.29 is 28.7 Å². The first-order chi connectivity index (χ1) is 15.0. The Bertz CT molecular complexity index is 969. The number of nitrogens with one attached hydrogen (secondary N) is 1. The van der Waals surface area contributed by atoms with E-state index in [-0.39, 0.29) is 17.1 Å². The predicted octanol–water partition coefficient (Wildman–Crippen LogP) is 3.37. The van der Waals surface area contributed by atoms with E-state index in [9.17, 15) is 19.2 Å². The van der Waals surface area contributed by atoms with Gasteiger partial charge in [-0.15, -0.1) is 4.99 Å². The van der Waals surface area contributed by atoms with Crippen molar-refractivity contribution in [3.8, 4) is 0 Å². The van der Waals surface area contributed by atoms with Crippen LogP contribution >= 0.6 is 0 Å².